The van der Waals surface area contributed by atoms with Crippen molar-refractivity contribution in [1.29, 1.82) is 0 Å². The van der Waals surface area contributed by atoms with Crippen LogP contribution in [0.3, 0.4) is 0 Å². The number of nitrogens with zero attached hydrogens (tertiary/aromatic N) is 1. The van der Waals surface area contributed by atoms with Gasteiger partial charge in [-0.15, -0.1) is 0 Å². The van der Waals surface area contributed by atoms with Gasteiger partial charge in [-0.1, -0.05) is 18.6 Å². The molecule has 21 heavy (non-hydrogen) atoms. The van der Waals surface area contributed by atoms with E-state index in [0.717, 1.165) is 43.7 Å². The maximum atomic E-state index is 12.6. The van der Waals surface area contributed by atoms with Gasteiger partial charge in [0.1, 0.15) is 0 Å². The summed E-state index contributed by atoms with van der Waals surface area (Å²) >= 11 is 0. The second-order valence-electron chi connectivity index (χ2n) is 6.23. The summed E-state index contributed by atoms with van der Waals surface area (Å²) in [7, 11) is 0. The zero-order valence-electron chi connectivity index (χ0n) is 12.6. The number of para-hydroxylation sites is 2. The van der Waals surface area contributed by atoms with Gasteiger partial charge in [0.15, 0.2) is 0 Å². The summed E-state index contributed by atoms with van der Waals surface area (Å²) in [4.78, 5) is 14.9. The van der Waals surface area contributed by atoms with Gasteiger partial charge in [0.25, 0.3) is 0 Å². The van der Waals surface area contributed by atoms with Crippen LogP contribution in [0.5, 0.6) is 0 Å². The van der Waals surface area contributed by atoms with E-state index in [1.54, 1.807) is 0 Å². The Labute approximate surface area is 126 Å². The minimum atomic E-state index is 0.0848. The lowest BCUT2D eigenvalue weighted by Gasteiger charge is -2.23. The number of nitrogens with two attached hydrogens (primary N) is 1. The number of anilines is 2. The first-order valence-electron chi connectivity index (χ1n) is 8.14. The number of carbonyl (C=O) groups is 1. The minimum absolute atomic E-state index is 0.0848. The third kappa shape index (κ3) is 3.05. The van der Waals surface area contributed by atoms with Crippen molar-refractivity contribution >= 4 is 17.3 Å². The van der Waals surface area contributed by atoms with Crippen molar-refractivity contribution in [3.05, 3.63) is 24.3 Å². The third-order valence-corrected chi connectivity index (χ3v) is 4.91. The van der Waals surface area contributed by atoms with Gasteiger partial charge in [-0.3, -0.25) is 4.79 Å². The normalized spacial score (nSPS) is 25.3. The maximum absolute atomic E-state index is 12.6. The van der Waals surface area contributed by atoms with Crippen LogP contribution in [0, 0.1) is 11.8 Å². The predicted molar refractivity (Wildman–Crippen MR) is 86.4 cm³/mol. The molecule has 3 rings (SSSR count). The molecule has 2 fully saturated rings. The van der Waals surface area contributed by atoms with Gasteiger partial charge < -0.3 is 16.0 Å². The average Bonchev–Trinajstić information content (AvgIpc) is 3.19. The highest BCUT2D eigenvalue weighted by Crippen LogP contribution is 2.34. The number of benzene rings is 1. The van der Waals surface area contributed by atoms with Gasteiger partial charge in [-0.05, 0) is 50.3 Å². The molecular formula is C17H25N3O. The number of hydrogen-bond acceptors (Lipinski definition) is 3. The molecule has 3 N–H and O–H groups in total. The fourth-order valence-corrected chi connectivity index (χ4v) is 3.70. The summed E-state index contributed by atoms with van der Waals surface area (Å²) in [6.07, 6.45) is 5.65. The molecule has 2 unspecified atom stereocenters. The van der Waals surface area contributed by atoms with Crippen LogP contribution in [0.1, 0.15) is 32.1 Å². The standard InChI is InChI=1S/C17H25N3O/c18-12-13-6-5-7-14(13)17(21)19-15-8-1-2-9-16(15)20-10-3-4-11-20/h1-2,8-9,13-14H,3-7,10-12,18H2,(H,19,21). The van der Waals surface area contributed by atoms with Gasteiger partial charge >= 0.3 is 0 Å². The summed E-state index contributed by atoms with van der Waals surface area (Å²) < 4.78 is 0. The number of hydrogen-bond donors (Lipinski definition) is 2. The van der Waals surface area contributed by atoms with Crippen LogP contribution < -0.4 is 16.0 Å². The summed E-state index contributed by atoms with van der Waals surface area (Å²) in [5, 5.41) is 3.16. The second-order valence-corrected chi connectivity index (χ2v) is 6.23. The van der Waals surface area contributed by atoms with E-state index >= 15 is 0 Å². The minimum Gasteiger partial charge on any atom is -0.370 e. The Hall–Kier alpha value is -1.55. The van der Waals surface area contributed by atoms with Crippen LogP contribution in [-0.2, 0) is 4.79 Å². The molecule has 1 saturated heterocycles. The summed E-state index contributed by atoms with van der Waals surface area (Å²) in [6, 6.07) is 8.15. The van der Waals surface area contributed by atoms with Gasteiger partial charge in [0, 0.05) is 19.0 Å². The van der Waals surface area contributed by atoms with Crippen molar-refractivity contribution in [2.45, 2.75) is 32.1 Å². The van der Waals surface area contributed by atoms with Gasteiger partial charge in [-0.25, -0.2) is 0 Å². The van der Waals surface area contributed by atoms with Gasteiger partial charge in [0.2, 0.25) is 5.91 Å². The molecule has 0 aromatic heterocycles. The van der Waals surface area contributed by atoms with E-state index < -0.39 is 0 Å². The highest BCUT2D eigenvalue weighted by molar-refractivity contribution is 5.96. The zero-order valence-corrected chi connectivity index (χ0v) is 12.6. The van der Waals surface area contributed by atoms with Crippen molar-refractivity contribution in [3.8, 4) is 0 Å². The Morgan fingerprint density at radius 1 is 1.19 bits per heavy atom. The maximum Gasteiger partial charge on any atom is 0.227 e. The van der Waals surface area contributed by atoms with E-state index in [9.17, 15) is 4.79 Å². The van der Waals surface area contributed by atoms with E-state index in [1.165, 1.54) is 12.8 Å². The van der Waals surface area contributed by atoms with Gasteiger partial charge in [-0.2, -0.15) is 0 Å². The Bertz CT molecular complexity index is 497. The highest BCUT2D eigenvalue weighted by atomic mass is 16.1. The monoisotopic (exact) mass is 287 g/mol. The molecule has 0 bridgehead atoms. The van der Waals surface area contributed by atoms with Crippen LogP contribution in [0.2, 0.25) is 0 Å². The van der Waals surface area contributed by atoms with Crippen molar-refractivity contribution in [2.75, 3.05) is 29.9 Å². The van der Waals surface area contributed by atoms with Crippen molar-refractivity contribution in [1.82, 2.24) is 0 Å². The van der Waals surface area contributed by atoms with Crippen LogP contribution in [0.25, 0.3) is 0 Å². The van der Waals surface area contributed by atoms with E-state index in [1.807, 2.05) is 18.2 Å². The lowest BCUT2D eigenvalue weighted by molar-refractivity contribution is -0.120. The molecule has 1 aliphatic heterocycles. The van der Waals surface area contributed by atoms with E-state index in [2.05, 4.69) is 16.3 Å². The Morgan fingerprint density at radius 2 is 1.95 bits per heavy atom. The molecule has 2 aliphatic rings. The summed E-state index contributed by atoms with van der Waals surface area (Å²) in [6.45, 7) is 2.79. The zero-order chi connectivity index (χ0) is 14.7. The molecule has 4 nitrogen and oxygen atoms in total. The molecule has 1 heterocycles. The quantitative estimate of drug-likeness (QED) is 0.895. The number of carbonyl (C=O) groups excluding carboxylic acids is 1. The number of amides is 1. The average molecular weight is 287 g/mol. The molecule has 1 amide bonds. The molecule has 1 aromatic rings. The van der Waals surface area contributed by atoms with E-state index in [0.29, 0.717) is 12.5 Å². The van der Waals surface area contributed by atoms with E-state index in [4.69, 9.17) is 5.73 Å². The highest BCUT2D eigenvalue weighted by Gasteiger charge is 2.32. The van der Waals surface area contributed by atoms with Gasteiger partial charge in [0.05, 0.1) is 11.4 Å². The first kappa shape index (κ1) is 14.4. The Morgan fingerprint density at radius 3 is 2.71 bits per heavy atom. The molecule has 0 radical (unpaired) electrons. The molecule has 1 aromatic carbocycles. The SMILES string of the molecule is NCC1CCCC1C(=O)Nc1ccccc1N1CCCC1. The number of rotatable bonds is 4. The van der Waals surface area contributed by atoms with Crippen molar-refractivity contribution < 1.29 is 4.79 Å². The fraction of sp³-hybridized carbons (Fsp3) is 0.588. The fourth-order valence-electron chi connectivity index (χ4n) is 3.70. The second kappa shape index (κ2) is 6.48. The molecule has 114 valence electrons. The first-order chi connectivity index (χ1) is 10.3. The van der Waals surface area contributed by atoms with E-state index in [-0.39, 0.29) is 11.8 Å². The number of nitrogens with one attached hydrogen (secondary N) is 1. The summed E-state index contributed by atoms with van der Waals surface area (Å²) in [5.74, 6) is 0.584. The van der Waals surface area contributed by atoms with Crippen LogP contribution in [0.15, 0.2) is 24.3 Å². The predicted octanol–water partition coefficient (Wildman–Crippen LogP) is 2.60. The molecule has 1 saturated carbocycles. The van der Waals surface area contributed by atoms with Crippen molar-refractivity contribution in [2.24, 2.45) is 17.6 Å². The topological polar surface area (TPSA) is 58.4 Å². The Balaban J connectivity index is 1.73. The molecule has 0 spiro atoms. The smallest absolute Gasteiger partial charge is 0.227 e. The van der Waals surface area contributed by atoms with Crippen LogP contribution in [0.4, 0.5) is 11.4 Å². The lowest BCUT2D eigenvalue weighted by Crippen LogP contribution is -2.30. The molecule has 4 heteroatoms. The van der Waals surface area contributed by atoms with Crippen LogP contribution >= 0.6 is 0 Å². The molecular weight excluding hydrogens is 262 g/mol. The molecule has 1 aliphatic carbocycles. The van der Waals surface area contributed by atoms with Crippen molar-refractivity contribution in [3.63, 3.8) is 0 Å². The third-order valence-electron chi connectivity index (χ3n) is 4.91. The van der Waals surface area contributed by atoms with Crippen LogP contribution in [-0.4, -0.2) is 25.5 Å². The molecule has 2 atom stereocenters. The first-order valence-corrected chi connectivity index (χ1v) is 8.14. The Kier molecular flexibility index (Phi) is 4.44. The largest absolute Gasteiger partial charge is 0.370 e. The lowest BCUT2D eigenvalue weighted by atomic mass is 9.95. The summed E-state index contributed by atoms with van der Waals surface area (Å²) in [5.41, 5.74) is 7.91.